The third-order valence-electron chi connectivity index (χ3n) is 6.87. The van der Waals surface area contributed by atoms with Crippen LogP contribution in [0.1, 0.15) is 68.1 Å². The molecule has 0 unspecified atom stereocenters. The SMILES string of the molecule is C/C=C\C/C=C(\C)Cn1c(CN2CCCCC2)c(C(=O)OCC)c2c3c(c(Br)cc21)OCN(C)C3. The molecule has 7 heteroatoms. The quantitative estimate of drug-likeness (QED) is 0.290. The van der Waals surface area contributed by atoms with Crippen LogP contribution in [0.5, 0.6) is 5.75 Å². The summed E-state index contributed by atoms with van der Waals surface area (Å²) in [5, 5.41) is 0.974. The molecular weight excluding hydrogens is 506 g/mol. The largest absolute Gasteiger partial charge is 0.477 e. The first kappa shape index (κ1) is 26.0. The summed E-state index contributed by atoms with van der Waals surface area (Å²) in [6.45, 7) is 11.3. The second-order valence-corrected chi connectivity index (χ2v) is 10.5. The van der Waals surface area contributed by atoms with Crippen LogP contribution < -0.4 is 4.74 Å². The zero-order chi connectivity index (χ0) is 24.9. The van der Waals surface area contributed by atoms with Crippen molar-refractivity contribution in [2.45, 2.75) is 66.1 Å². The number of carbonyl (C=O) groups excluding carboxylic acids is 1. The maximum Gasteiger partial charge on any atom is 0.340 e. The molecule has 0 amide bonds. The topological polar surface area (TPSA) is 46.9 Å². The van der Waals surface area contributed by atoms with Crippen molar-refractivity contribution >= 4 is 32.8 Å². The van der Waals surface area contributed by atoms with E-state index in [1.54, 1.807) is 0 Å². The van der Waals surface area contributed by atoms with E-state index in [9.17, 15) is 4.79 Å². The smallest absolute Gasteiger partial charge is 0.340 e. The van der Waals surface area contributed by atoms with Crippen molar-refractivity contribution in [1.29, 1.82) is 0 Å². The zero-order valence-electron chi connectivity index (χ0n) is 21.5. The Morgan fingerprint density at radius 2 is 2.03 bits per heavy atom. The molecule has 0 aliphatic carbocycles. The number of hydrogen-bond acceptors (Lipinski definition) is 5. The maximum atomic E-state index is 13.5. The number of likely N-dealkylation sites (tertiary alicyclic amines) is 1. The fraction of sp³-hybridized carbons (Fsp3) is 0.536. The molecule has 0 atom stereocenters. The summed E-state index contributed by atoms with van der Waals surface area (Å²) in [6, 6.07) is 2.13. The Kier molecular flexibility index (Phi) is 8.73. The second kappa shape index (κ2) is 11.8. The van der Waals surface area contributed by atoms with Gasteiger partial charge in [-0.05, 0) is 82.2 Å². The first-order valence-electron chi connectivity index (χ1n) is 12.8. The fourth-order valence-corrected chi connectivity index (χ4v) is 5.77. The molecule has 2 aliphatic heterocycles. The van der Waals surface area contributed by atoms with E-state index in [4.69, 9.17) is 9.47 Å². The molecule has 0 spiro atoms. The minimum Gasteiger partial charge on any atom is -0.477 e. The van der Waals surface area contributed by atoms with E-state index in [-0.39, 0.29) is 5.97 Å². The molecule has 1 aromatic heterocycles. The van der Waals surface area contributed by atoms with E-state index in [0.717, 1.165) is 71.5 Å². The molecule has 0 radical (unpaired) electrons. The minimum atomic E-state index is -0.239. The van der Waals surface area contributed by atoms with Gasteiger partial charge in [-0.3, -0.25) is 9.80 Å². The molecule has 3 heterocycles. The molecule has 0 N–H and O–H groups in total. The second-order valence-electron chi connectivity index (χ2n) is 9.67. The van der Waals surface area contributed by atoms with Gasteiger partial charge in [-0.25, -0.2) is 4.79 Å². The fourth-order valence-electron chi connectivity index (χ4n) is 5.20. The average Bonchev–Trinajstić information content (AvgIpc) is 3.13. The van der Waals surface area contributed by atoms with Crippen molar-refractivity contribution in [1.82, 2.24) is 14.4 Å². The van der Waals surface area contributed by atoms with Crippen LogP contribution in [0.15, 0.2) is 34.3 Å². The van der Waals surface area contributed by atoms with Crippen molar-refractivity contribution < 1.29 is 14.3 Å². The number of allylic oxidation sites excluding steroid dienone is 4. The number of fused-ring (bicyclic) bond motifs is 3. The lowest BCUT2D eigenvalue weighted by Crippen LogP contribution is -2.31. The van der Waals surface area contributed by atoms with Crippen molar-refractivity contribution in [3.05, 3.63) is 51.2 Å². The Bertz CT molecular complexity index is 1130. The molecule has 1 fully saturated rings. The number of aromatic nitrogens is 1. The molecule has 0 saturated carbocycles. The highest BCUT2D eigenvalue weighted by Gasteiger charge is 2.31. The van der Waals surface area contributed by atoms with Crippen molar-refractivity contribution in [2.75, 3.05) is 33.5 Å². The van der Waals surface area contributed by atoms with Crippen molar-refractivity contribution in [3.8, 4) is 5.75 Å². The highest BCUT2D eigenvalue weighted by Crippen LogP contribution is 2.43. The number of halogens is 1. The molecule has 1 aromatic carbocycles. The number of ether oxygens (including phenoxy) is 2. The van der Waals surface area contributed by atoms with Gasteiger partial charge in [0.1, 0.15) is 12.5 Å². The van der Waals surface area contributed by atoms with Gasteiger partial charge in [-0.15, -0.1) is 0 Å². The molecule has 0 bridgehead atoms. The first-order chi connectivity index (χ1) is 16.9. The number of rotatable bonds is 8. The summed E-state index contributed by atoms with van der Waals surface area (Å²) in [4.78, 5) is 18.2. The van der Waals surface area contributed by atoms with E-state index in [2.05, 4.69) is 61.5 Å². The molecular formula is C28H38BrN3O3. The number of nitrogens with zero attached hydrogens (tertiary/aromatic N) is 3. The maximum absolute atomic E-state index is 13.5. The third-order valence-corrected chi connectivity index (χ3v) is 7.46. The van der Waals surface area contributed by atoms with Gasteiger partial charge in [0.2, 0.25) is 0 Å². The lowest BCUT2D eigenvalue weighted by atomic mass is 10.0. The minimum absolute atomic E-state index is 0.239. The number of hydrogen-bond donors (Lipinski definition) is 0. The molecule has 1 saturated heterocycles. The number of benzene rings is 1. The highest BCUT2D eigenvalue weighted by molar-refractivity contribution is 9.10. The average molecular weight is 545 g/mol. The number of carbonyl (C=O) groups is 1. The Morgan fingerprint density at radius 1 is 1.26 bits per heavy atom. The summed E-state index contributed by atoms with van der Waals surface area (Å²) >= 11 is 3.77. The van der Waals surface area contributed by atoms with Crippen LogP contribution >= 0.6 is 15.9 Å². The normalized spacial score (nSPS) is 17.7. The Morgan fingerprint density at radius 3 is 2.74 bits per heavy atom. The van der Waals surface area contributed by atoms with Gasteiger partial charge in [0.05, 0.1) is 22.2 Å². The molecule has 6 nitrogen and oxygen atoms in total. The Hall–Kier alpha value is -2.09. The lowest BCUT2D eigenvalue weighted by molar-refractivity contribution is 0.0525. The van der Waals surface area contributed by atoms with Gasteiger partial charge in [0.25, 0.3) is 0 Å². The summed E-state index contributed by atoms with van der Waals surface area (Å²) in [7, 11) is 2.04. The predicted octanol–water partition coefficient (Wildman–Crippen LogP) is 6.26. The van der Waals surface area contributed by atoms with Gasteiger partial charge in [0.15, 0.2) is 0 Å². The van der Waals surface area contributed by atoms with Crippen LogP contribution in [0.25, 0.3) is 10.9 Å². The third kappa shape index (κ3) is 5.68. The molecule has 190 valence electrons. The first-order valence-corrected chi connectivity index (χ1v) is 13.6. The monoisotopic (exact) mass is 543 g/mol. The van der Waals surface area contributed by atoms with Gasteiger partial charge in [-0.1, -0.05) is 30.2 Å². The summed E-state index contributed by atoms with van der Waals surface area (Å²) < 4.78 is 15.0. The van der Waals surface area contributed by atoms with Gasteiger partial charge < -0.3 is 14.0 Å². The van der Waals surface area contributed by atoms with E-state index in [1.165, 1.54) is 24.8 Å². The van der Waals surface area contributed by atoms with Crippen LogP contribution in [0.2, 0.25) is 0 Å². The van der Waals surface area contributed by atoms with Crippen LogP contribution in [0, 0.1) is 0 Å². The van der Waals surface area contributed by atoms with Crippen molar-refractivity contribution in [3.63, 3.8) is 0 Å². The summed E-state index contributed by atoms with van der Waals surface area (Å²) in [6.07, 6.45) is 11.1. The van der Waals surface area contributed by atoms with Gasteiger partial charge in [0, 0.05) is 36.3 Å². The predicted molar refractivity (Wildman–Crippen MR) is 145 cm³/mol. The van der Waals surface area contributed by atoms with Crippen molar-refractivity contribution in [2.24, 2.45) is 0 Å². The Balaban J connectivity index is 1.95. The van der Waals surface area contributed by atoms with E-state index in [1.807, 2.05) is 20.9 Å². The Labute approximate surface area is 217 Å². The standard InChI is InChI=1S/C28H38BrN3O3/c1-5-7-9-12-20(3)16-32-23-15-22(29)27-21(17-30(4)19-35-27)25(23)26(28(33)34-6-2)24(32)18-31-13-10-8-11-14-31/h5,7,12,15H,6,8-11,13-14,16-19H2,1-4H3/b7-5-,20-12+. The van der Waals surface area contributed by atoms with Gasteiger partial charge >= 0.3 is 5.97 Å². The van der Waals surface area contributed by atoms with E-state index in [0.29, 0.717) is 18.9 Å². The highest BCUT2D eigenvalue weighted by atomic mass is 79.9. The number of esters is 1. The molecule has 4 rings (SSSR count). The van der Waals surface area contributed by atoms with Crippen LogP contribution in [-0.2, 0) is 24.4 Å². The van der Waals surface area contributed by atoms with Crippen LogP contribution in [-0.4, -0.2) is 53.8 Å². The van der Waals surface area contributed by atoms with E-state index >= 15 is 0 Å². The van der Waals surface area contributed by atoms with Gasteiger partial charge in [-0.2, -0.15) is 0 Å². The lowest BCUT2D eigenvalue weighted by Gasteiger charge is -2.27. The summed E-state index contributed by atoms with van der Waals surface area (Å²) in [5.41, 5.74) is 5.14. The molecule has 35 heavy (non-hydrogen) atoms. The van der Waals surface area contributed by atoms with Crippen LogP contribution in [0.3, 0.4) is 0 Å². The number of piperidine rings is 1. The zero-order valence-corrected chi connectivity index (χ0v) is 23.1. The molecule has 2 aromatic rings. The molecule has 2 aliphatic rings. The summed E-state index contributed by atoms with van der Waals surface area (Å²) in [5.74, 6) is 0.597. The van der Waals surface area contributed by atoms with E-state index < -0.39 is 0 Å². The van der Waals surface area contributed by atoms with Crippen LogP contribution in [0.4, 0.5) is 0 Å².